The maximum Gasteiger partial charge on any atom is 0.217 e. The molecule has 0 saturated carbocycles. The summed E-state index contributed by atoms with van der Waals surface area (Å²) in [5.41, 5.74) is 0. The van der Waals surface area contributed by atoms with E-state index in [1.165, 1.54) is 42.1 Å². The van der Waals surface area contributed by atoms with Crippen molar-refractivity contribution in [2.75, 3.05) is 26.2 Å². The van der Waals surface area contributed by atoms with Crippen LogP contribution in [0.3, 0.4) is 0 Å². The quantitative estimate of drug-likeness (QED) is 0.905. The van der Waals surface area contributed by atoms with Crippen LogP contribution in [0.15, 0.2) is 12.1 Å². The van der Waals surface area contributed by atoms with E-state index in [0.29, 0.717) is 6.04 Å². The number of piperidine rings is 1. The maximum absolute atomic E-state index is 11.1. The molecule has 3 heterocycles. The Hall–Kier alpha value is -0.910. The Morgan fingerprint density at radius 1 is 1.14 bits per heavy atom. The second kappa shape index (κ2) is 7.57. The van der Waals surface area contributed by atoms with Crippen molar-refractivity contribution in [1.29, 1.82) is 0 Å². The van der Waals surface area contributed by atoms with Crippen molar-refractivity contribution in [1.82, 2.24) is 15.1 Å². The second-order valence-corrected chi connectivity index (χ2v) is 7.88. The van der Waals surface area contributed by atoms with Crippen LogP contribution < -0.4 is 5.32 Å². The normalized spacial score (nSPS) is 23.8. The molecule has 0 radical (unpaired) electrons. The molecule has 0 bridgehead atoms. The second-order valence-electron chi connectivity index (χ2n) is 6.63. The lowest BCUT2D eigenvalue weighted by atomic mass is 10.1. The molecule has 2 saturated heterocycles. The fourth-order valence-corrected chi connectivity index (χ4v) is 4.64. The molecule has 1 aromatic rings. The average molecular weight is 321 g/mol. The van der Waals surface area contributed by atoms with Gasteiger partial charge >= 0.3 is 0 Å². The predicted octanol–water partition coefficient (Wildman–Crippen LogP) is 2.44. The SMILES string of the molecule is CC(=O)N[C@@H]1CCN(Cc2ccc(CN3CCCCC3)s2)C1. The Morgan fingerprint density at radius 2 is 1.82 bits per heavy atom. The molecular weight excluding hydrogens is 294 g/mol. The van der Waals surface area contributed by atoms with Gasteiger partial charge in [0.1, 0.15) is 0 Å². The van der Waals surface area contributed by atoms with Crippen LogP contribution >= 0.6 is 11.3 Å². The number of hydrogen-bond donors (Lipinski definition) is 1. The van der Waals surface area contributed by atoms with Gasteiger partial charge in [0.2, 0.25) is 5.91 Å². The molecule has 1 amide bonds. The minimum absolute atomic E-state index is 0.0896. The van der Waals surface area contributed by atoms with Gasteiger partial charge in [0.25, 0.3) is 0 Å². The van der Waals surface area contributed by atoms with Gasteiger partial charge in [-0.2, -0.15) is 0 Å². The Bertz CT molecular complexity index is 496. The van der Waals surface area contributed by atoms with E-state index in [1.54, 1.807) is 6.92 Å². The van der Waals surface area contributed by atoms with E-state index in [1.807, 2.05) is 11.3 Å². The fraction of sp³-hybridized carbons (Fsp3) is 0.706. The summed E-state index contributed by atoms with van der Waals surface area (Å²) in [6, 6.07) is 4.93. The van der Waals surface area contributed by atoms with Gasteiger partial charge in [-0.25, -0.2) is 0 Å². The highest BCUT2D eigenvalue weighted by Crippen LogP contribution is 2.23. The zero-order valence-corrected chi connectivity index (χ0v) is 14.3. The van der Waals surface area contributed by atoms with Gasteiger partial charge < -0.3 is 5.32 Å². The molecule has 1 N–H and O–H groups in total. The van der Waals surface area contributed by atoms with Crippen LogP contribution in [0.2, 0.25) is 0 Å². The predicted molar refractivity (Wildman–Crippen MR) is 90.9 cm³/mol. The summed E-state index contributed by atoms with van der Waals surface area (Å²) in [6.45, 7) is 8.35. The molecule has 4 nitrogen and oxygen atoms in total. The summed E-state index contributed by atoms with van der Waals surface area (Å²) in [6.07, 6.45) is 5.19. The molecular formula is C17H27N3OS. The fourth-order valence-electron chi connectivity index (χ4n) is 3.53. The molecule has 0 aliphatic carbocycles. The van der Waals surface area contributed by atoms with Gasteiger partial charge in [-0.1, -0.05) is 6.42 Å². The number of carbonyl (C=O) groups is 1. The van der Waals surface area contributed by atoms with Crippen LogP contribution in [-0.2, 0) is 17.9 Å². The van der Waals surface area contributed by atoms with Crippen LogP contribution in [0, 0.1) is 0 Å². The maximum atomic E-state index is 11.1. The topological polar surface area (TPSA) is 35.6 Å². The first-order chi connectivity index (χ1) is 10.7. The Kier molecular flexibility index (Phi) is 5.50. The zero-order valence-electron chi connectivity index (χ0n) is 13.5. The lowest BCUT2D eigenvalue weighted by Crippen LogP contribution is -2.35. The molecule has 2 fully saturated rings. The third kappa shape index (κ3) is 4.54. The standard InChI is InChI=1S/C17H27N3OS/c1-14(21)18-15-7-10-20(11-15)13-17-6-5-16(22-17)12-19-8-3-2-4-9-19/h5-6,15H,2-4,7-13H2,1H3,(H,18,21)/t15-/m1/s1. The molecule has 2 aliphatic heterocycles. The van der Waals surface area contributed by atoms with Crippen LogP contribution in [0.4, 0.5) is 0 Å². The van der Waals surface area contributed by atoms with E-state index >= 15 is 0 Å². The average Bonchev–Trinajstić information content (AvgIpc) is 3.10. The number of nitrogens with one attached hydrogen (secondary N) is 1. The van der Waals surface area contributed by atoms with Crippen molar-refractivity contribution in [3.8, 4) is 0 Å². The number of nitrogens with zero attached hydrogens (tertiary/aromatic N) is 2. The van der Waals surface area contributed by atoms with Gasteiger partial charge in [0, 0.05) is 48.9 Å². The molecule has 2 aliphatic rings. The summed E-state index contributed by atoms with van der Waals surface area (Å²) >= 11 is 1.96. The number of amides is 1. The molecule has 5 heteroatoms. The number of thiophene rings is 1. The van der Waals surface area contributed by atoms with E-state index in [2.05, 4.69) is 27.2 Å². The smallest absolute Gasteiger partial charge is 0.217 e. The minimum Gasteiger partial charge on any atom is -0.352 e. The first-order valence-corrected chi connectivity index (χ1v) is 9.30. The van der Waals surface area contributed by atoms with Gasteiger partial charge in [0.15, 0.2) is 0 Å². The van der Waals surface area contributed by atoms with Gasteiger partial charge in [-0.3, -0.25) is 14.6 Å². The molecule has 0 spiro atoms. The lowest BCUT2D eigenvalue weighted by Gasteiger charge is -2.25. The van der Waals surface area contributed by atoms with E-state index in [9.17, 15) is 4.79 Å². The molecule has 122 valence electrons. The van der Waals surface area contributed by atoms with Crippen molar-refractivity contribution in [2.45, 2.75) is 51.7 Å². The highest BCUT2D eigenvalue weighted by atomic mass is 32.1. The first kappa shape index (κ1) is 16.0. The van der Waals surface area contributed by atoms with Crippen molar-refractivity contribution in [3.05, 3.63) is 21.9 Å². The molecule has 1 aromatic heterocycles. The molecule has 0 aromatic carbocycles. The van der Waals surface area contributed by atoms with E-state index in [0.717, 1.165) is 32.6 Å². The number of likely N-dealkylation sites (tertiary alicyclic amines) is 2. The lowest BCUT2D eigenvalue weighted by molar-refractivity contribution is -0.119. The van der Waals surface area contributed by atoms with Crippen molar-refractivity contribution >= 4 is 17.2 Å². The molecule has 22 heavy (non-hydrogen) atoms. The highest BCUT2D eigenvalue weighted by Gasteiger charge is 2.23. The van der Waals surface area contributed by atoms with Crippen LogP contribution in [-0.4, -0.2) is 47.9 Å². The Labute approximate surface area is 137 Å². The van der Waals surface area contributed by atoms with E-state index in [-0.39, 0.29) is 5.91 Å². The monoisotopic (exact) mass is 321 g/mol. The van der Waals surface area contributed by atoms with Gasteiger partial charge in [-0.15, -0.1) is 11.3 Å². The molecule has 0 unspecified atom stereocenters. The van der Waals surface area contributed by atoms with Gasteiger partial charge in [0.05, 0.1) is 0 Å². The zero-order chi connectivity index (χ0) is 15.4. The first-order valence-electron chi connectivity index (χ1n) is 8.48. The van der Waals surface area contributed by atoms with Crippen molar-refractivity contribution < 1.29 is 4.79 Å². The molecule has 3 rings (SSSR count). The summed E-state index contributed by atoms with van der Waals surface area (Å²) in [4.78, 5) is 19.1. The highest BCUT2D eigenvalue weighted by molar-refractivity contribution is 7.11. The van der Waals surface area contributed by atoms with E-state index in [4.69, 9.17) is 0 Å². The number of rotatable bonds is 5. The molecule has 1 atom stereocenters. The van der Waals surface area contributed by atoms with Crippen LogP contribution in [0.1, 0.15) is 42.4 Å². The number of hydrogen-bond acceptors (Lipinski definition) is 4. The summed E-state index contributed by atoms with van der Waals surface area (Å²) < 4.78 is 0. The third-order valence-electron chi connectivity index (χ3n) is 4.60. The van der Waals surface area contributed by atoms with Gasteiger partial charge in [-0.05, 0) is 44.5 Å². The summed E-state index contributed by atoms with van der Waals surface area (Å²) in [5, 5.41) is 3.03. The van der Waals surface area contributed by atoms with E-state index < -0.39 is 0 Å². The third-order valence-corrected chi connectivity index (χ3v) is 5.66. The summed E-state index contributed by atoms with van der Waals surface area (Å²) in [5.74, 6) is 0.0896. The van der Waals surface area contributed by atoms with Crippen LogP contribution in [0.5, 0.6) is 0 Å². The Balaban J connectivity index is 1.46. The largest absolute Gasteiger partial charge is 0.352 e. The number of carbonyl (C=O) groups excluding carboxylic acids is 1. The van der Waals surface area contributed by atoms with Crippen molar-refractivity contribution in [3.63, 3.8) is 0 Å². The minimum atomic E-state index is 0.0896. The van der Waals surface area contributed by atoms with Crippen LogP contribution in [0.25, 0.3) is 0 Å². The Morgan fingerprint density at radius 3 is 2.50 bits per heavy atom. The van der Waals surface area contributed by atoms with Crippen molar-refractivity contribution in [2.24, 2.45) is 0 Å². The summed E-state index contributed by atoms with van der Waals surface area (Å²) in [7, 11) is 0.